The Morgan fingerprint density at radius 2 is 0.769 bits per heavy atom. The van der Waals surface area contributed by atoms with E-state index in [9.17, 15) is 26.3 Å². The highest BCUT2D eigenvalue weighted by molar-refractivity contribution is 6.11. The number of fused-ring (bicyclic) bond motifs is 3. The lowest BCUT2D eigenvalue weighted by atomic mass is 9.85. The first kappa shape index (κ1) is 43.3. The van der Waals surface area contributed by atoms with Gasteiger partial charge in [-0.2, -0.15) is 26.3 Å². The fourth-order valence-electron chi connectivity index (χ4n) is 8.46. The first-order valence-corrected chi connectivity index (χ1v) is 21.4. The van der Waals surface area contributed by atoms with Crippen LogP contribution in [0.5, 0.6) is 0 Å². The Hall–Kier alpha value is -7.00. The third kappa shape index (κ3) is 8.43. The van der Waals surface area contributed by atoms with Crippen molar-refractivity contribution < 1.29 is 26.3 Å². The maximum absolute atomic E-state index is 14.7. The third-order valence-corrected chi connectivity index (χ3v) is 12.0. The van der Waals surface area contributed by atoms with E-state index in [1.165, 1.54) is 12.1 Å². The van der Waals surface area contributed by atoms with Crippen molar-refractivity contribution in [2.24, 2.45) is 0 Å². The van der Waals surface area contributed by atoms with Crippen LogP contribution in [0.2, 0.25) is 0 Å². The van der Waals surface area contributed by atoms with Crippen LogP contribution in [0.25, 0.3) is 83.6 Å². The second-order valence-electron chi connectivity index (χ2n) is 18.6. The minimum atomic E-state index is -4.69. The van der Waals surface area contributed by atoms with E-state index >= 15 is 0 Å². The van der Waals surface area contributed by atoms with Gasteiger partial charge in [-0.25, -0.2) is 9.97 Å². The van der Waals surface area contributed by atoms with Crippen molar-refractivity contribution in [1.29, 1.82) is 0 Å². The predicted molar refractivity (Wildman–Crippen MR) is 251 cm³/mol. The molecule has 65 heavy (non-hydrogen) atoms. The van der Waals surface area contributed by atoms with Gasteiger partial charge in [0.2, 0.25) is 0 Å². The maximum atomic E-state index is 14.7. The van der Waals surface area contributed by atoms with Crippen molar-refractivity contribution in [3.63, 3.8) is 0 Å². The van der Waals surface area contributed by atoms with Gasteiger partial charge in [0.15, 0.2) is 5.82 Å². The number of rotatable bonds is 6. The van der Waals surface area contributed by atoms with Crippen molar-refractivity contribution in [2.75, 3.05) is 0 Å². The van der Waals surface area contributed by atoms with Gasteiger partial charge in [0.1, 0.15) is 0 Å². The van der Waals surface area contributed by atoms with Gasteiger partial charge in [-0.15, -0.1) is 0 Å². The summed E-state index contributed by atoms with van der Waals surface area (Å²) in [5, 5.41) is 1.80. The summed E-state index contributed by atoms with van der Waals surface area (Å²) in [5.74, 6) is 0.241. The van der Waals surface area contributed by atoms with Crippen molar-refractivity contribution in [3.05, 3.63) is 186 Å². The summed E-state index contributed by atoms with van der Waals surface area (Å²) in [7, 11) is 0. The molecule has 326 valence electrons. The van der Waals surface area contributed by atoms with Crippen LogP contribution in [0.3, 0.4) is 0 Å². The van der Waals surface area contributed by atoms with Crippen LogP contribution in [0.4, 0.5) is 26.3 Å². The number of nitrogens with zero attached hydrogens (tertiary/aromatic N) is 3. The van der Waals surface area contributed by atoms with E-state index in [1.54, 1.807) is 24.3 Å². The lowest BCUT2D eigenvalue weighted by molar-refractivity contribution is -0.138. The Bertz CT molecular complexity index is 3030. The molecule has 0 unspecified atom stereocenters. The molecule has 0 fully saturated rings. The van der Waals surface area contributed by atoms with Gasteiger partial charge in [0, 0.05) is 38.6 Å². The van der Waals surface area contributed by atoms with Gasteiger partial charge in [-0.05, 0) is 99.8 Å². The monoisotopic (exact) mass is 873 g/mol. The number of benzene rings is 7. The summed E-state index contributed by atoms with van der Waals surface area (Å²) in [6.07, 6.45) is -9.37. The van der Waals surface area contributed by atoms with Crippen molar-refractivity contribution in [1.82, 2.24) is 14.5 Å². The van der Waals surface area contributed by atoms with E-state index < -0.39 is 23.5 Å². The SMILES string of the molecule is CC(C)(C)c1ccc2c(c1)c1cc(C(C)(C)C)ccc1n2-c1c(-c2cccc(C(F)(F)F)c2)cc(-c2nc(-c3ccccc3)cc(-c3ccccc3)n2)cc1-c1cccc(C(F)(F)F)c1. The van der Waals surface area contributed by atoms with E-state index in [4.69, 9.17) is 9.97 Å². The Kier molecular flexibility index (Phi) is 10.6. The average Bonchev–Trinajstić information content (AvgIpc) is 3.61. The molecule has 7 aromatic carbocycles. The molecule has 0 bridgehead atoms. The Morgan fingerprint density at radius 3 is 1.15 bits per heavy atom. The normalized spacial score (nSPS) is 12.6. The largest absolute Gasteiger partial charge is 0.416 e. The highest BCUT2D eigenvalue weighted by Gasteiger charge is 2.33. The predicted octanol–water partition coefficient (Wildman–Crippen LogP) is 16.5. The first-order chi connectivity index (χ1) is 30.7. The molecular formula is C56H45F6N3. The van der Waals surface area contributed by atoms with Crippen LogP contribution in [-0.4, -0.2) is 14.5 Å². The molecule has 0 amide bonds. The molecule has 0 atom stereocenters. The lowest BCUT2D eigenvalue weighted by Gasteiger charge is -2.23. The minimum absolute atomic E-state index is 0.208. The molecular weight excluding hydrogens is 829 g/mol. The molecule has 0 aliphatic carbocycles. The molecule has 9 aromatic rings. The molecule has 9 rings (SSSR count). The highest BCUT2D eigenvalue weighted by atomic mass is 19.4. The maximum Gasteiger partial charge on any atom is 0.416 e. The zero-order valence-corrected chi connectivity index (χ0v) is 36.7. The zero-order chi connectivity index (χ0) is 46.1. The summed E-state index contributed by atoms with van der Waals surface area (Å²) < 4.78 is 90.0. The molecule has 0 spiro atoms. The van der Waals surface area contributed by atoms with Crippen LogP contribution in [0.1, 0.15) is 63.8 Å². The average molecular weight is 874 g/mol. The molecule has 0 N–H and O–H groups in total. The van der Waals surface area contributed by atoms with E-state index in [-0.39, 0.29) is 27.8 Å². The van der Waals surface area contributed by atoms with Crippen LogP contribution >= 0.6 is 0 Å². The molecule has 0 aliphatic heterocycles. The molecule has 2 aromatic heterocycles. The number of halogens is 6. The number of aromatic nitrogens is 3. The van der Waals surface area contributed by atoms with Gasteiger partial charge in [-0.1, -0.05) is 139 Å². The molecule has 0 radical (unpaired) electrons. The lowest BCUT2D eigenvalue weighted by Crippen LogP contribution is -2.10. The zero-order valence-electron chi connectivity index (χ0n) is 36.7. The van der Waals surface area contributed by atoms with E-state index in [0.717, 1.165) is 68.3 Å². The quantitative estimate of drug-likeness (QED) is 0.156. The van der Waals surface area contributed by atoms with Crippen LogP contribution in [0.15, 0.2) is 164 Å². The number of hydrogen-bond acceptors (Lipinski definition) is 2. The van der Waals surface area contributed by atoms with Crippen molar-refractivity contribution >= 4 is 21.8 Å². The van der Waals surface area contributed by atoms with E-state index in [0.29, 0.717) is 33.8 Å². The molecule has 0 aliphatic rings. The Balaban J connectivity index is 1.47. The smallest absolute Gasteiger partial charge is 0.308 e. The summed E-state index contributed by atoms with van der Waals surface area (Å²) >= 11 is 0. The van der Waals surface area contributed by atoms with Gasteiger partial charge in [0.05, 0.1) is 39.2 Å². The Morgan fingerprint density at radius 1 is 0.369 bits per heavy atom. The second kappa shape index (κ2) is 15.9. The topological polar surface area (TPSA) is 30.7 Å². The van der Waals surface area contributed by atoms with Gasteiger partial charge < -0.3 is 4.57 Å². The van der Waals surface area contributed by atoms with Crippen LogP contribution < -0.4 is 0 Å². The summed E-state index contributed by atoms with van der Waals surface area (Å²) in [6.45, 7) is 12.8. The fourth-order valence-corrected chi connectivity index (χ4v) is 8.46. The standard InChI is InChI=1S/C56H45F6N3/c1-53(2,3)39-23-25-49-45(31-39)46-32-40(54(4,5)6)24-26-50(46)65(49)51-43(36-19-13-21-41(27-36)55(57,58)59)29-38(30-44(51)37-20-14-22-42(28-37)56(60,61)62)52-63-47(34-15-9-7-10-16-34)33-48(64-52)35-17-11-8-12-18-35/h7-33H,1-6H3. The summed E-state index contributed by atoms with van der Waals surface area (Å²) in [6, 6.07) is 47.0. The number of alkyl halides is 6. The molecule has 0 saturated heterocycles. The highest BCUT2D eigenvalue weighted by Crippen LogP contribution is 2.47. The van der Waals surface area contributed by atoms with Crippen LogP contribution in [0, 0.1) is 0 Å². The summed E-state index contributed by atoms with van der Waals surface area (Å²) in [5.41, 5.74) is 6.10. The molecule has 0 saturated carbocycles. The molecule has 3 nitrogen and oxygen atoms in total. The fraction of sp³-hybridized carbons (Fsp3) is 0.179. The van der Waals surface area contributed by atoms with Gasteiger partial charge in [0.25, 0.3) is 0 Å². The van der Waals surface area contributed by atoms with E-state index in [2.05, 4.69) is 53.7 Å². The number of hydrogen-bond donors (Lipinski definition) is 0. The Labute approximate surface area is 374 Å². The minimum Gasteiger partial charge on any atom is -0.308 e. The first-order valence-electron chi connectivity index (χ1n) is 21.4. The van der Waals surface area contributed by atoms with Crippen LogP contribution in [-0.2, 0) is 23.2 Å². The molecule has 9 heteroatoms. The third-order valence-electron chi connectivity index (χ3n) is 12.0. The molecule has 2 heterocycles. The van der Waals surface area contributed by atoms with E-state index in [1.807, 2.05) is 95.6 Å². The van der Waals surface area contributed by atoms with Gasteiger partial charge >= 0.3 is 12.4 Å². The summed E-state index contributed by atoms with van der Waals surface area (Å²) in [4.78, 5) is 10.1. The second-order valence-corrected chi connectivity index (χ2v) is 18.6. The van der Waals surface area contributed by atoms with Crippen molar-refractivity contribution in [3.8, 4) is 61.8 Å². The van der Waals surface area contributed by atoms with Crippen molar-refractivity contribution in [2.45, 2.75) is 64.7 Å². The van der Waals surface area contributed by atoms with Gasteiger partial charge in [-0.3, -0.25) is 0 Å².